The third-order valence-electron chi connectivity index (χ3n) is 4.00. The van der Waals surface area contributed by atoms with Gasteiger partial charge in [-0.2, -0.15) is 13.2 Å². The Morgan fingerprint density at radius 1 is 1.00 bits per heavy atom. The van der Waals surface area contributed by atoms with Crippen molar-refractivity contribution in [2.24, 2.45) is 0 Å². The van der Waals surface area contributed by atoms with Crippen LogP contribution in [0.5, 0.6) is 11.5 Å². The lowest BCUT2D eigenvalue weighted by molar-refractivity contribution is -0.385. The summed E-state index contributed by atoms with van der Waals surface area (Å²) >= 11 is 0. The molecule has 0 saturated carbocycles. The van der Waals surface area contributed by atoms with Crippen LogP contribution in [0.15, 0.2) is 72.8 Å². The zero-order valence-electron chi connectivity index (χ0n) is 15.8. The van der Waals surface area contributed by atoms with Crippen molar-refractivity contribution in [3.63, 3.8) is 0 Å². The second-order valence-corrected chi connectivity index (χ2v) is 6.25. The van der Waals surface area contributed by atoms with Gasteiger partial charge < -0.3 is 9.47 Å². The summed E-state index contributed by atoms with van der Waals surface area (Å²) in [6, 6.07) is 16.6. The predicted molar refractivity (Wildman–Crippen MR) is 105 cm³/mol. The monoisotopic (exact) mass is 432 g/mol. The fraction of sp³-hybridized carbons (Fsp3) is 0.0952. The van der Waals surface area contributed by atoms with Gasteiger partial charge in [0, 0.05) is 11.8 Å². The van der Waals surface area contributed by atoms with E-state index in [0.29, 0.717) is 11.3 Å². The number of nitro groups is 1. The molecule has 1 amide bonds. The Bertz CT molecular complexity index is 1090. The smallest absolute Gasteiger partial charge is 0.416 e. The van der Waals surface area contributed by atoms with Crippen molar-refractivity contribution in [3.05, 3.63) is 94.0 Å². The molecule has 0 saturated heterocycles. The molecule has 7 nitrogen and oxygen atoms in total. The Kier molecular flexibility index (Phi) is 6.39. The number of carbonyl (C=O) groups excluding carboxylic acids is 1. The maximum atomic E-state index is 12.7. The van der Waals surface area contributed by atoms with E-state index in [2.05, 4.69) is 5.32 Å². The largest absolute Gasteiger partial charge is 0.450 e. The Balaban J connectivity index is 1.65. The number of hydrogen-bond donors (Lipinski definition) is 1. The third kappa shape index (κ3) is 5.95. The number of alkyl halides is 3. The third-order valence-corrected chi connectivity index (χ3v) is 4.00. The van der Waals surface area contributed by atoms with E-state index < -0.39 is 22.8 Å². The van der Waals surface area contributed by atoms with Crippen LogP contribution < -0.4 is 10.1 Å². The number of benzene rings is 3. The van der Waals surface area contributed by atoms with Crippen molar-refractivity contribution < 1.29 is 32.4 Å². The Morgan fingerprint density at radius 2 is 1.74 bits per heavy atom. The minimum Gasteiger partial charge on any atom is -0.450 e. The molecule has 0 spiro atoms. The molecule has 0 aliphatic rings. The number of ether oxygens (including phenoxy) is 2. The molecule has 31 heavy (non-hydrogen) atoms. The molecule has 0 aliphatic heterocycles. The van der Waals surface area contributed by atoms with E-state index in [1.165, 1.54) is 24.3 Å². The number of carbonyl (C=O) groups is 1. The highest BCUT2D eigenvalue weighted by atomic mass is 19.4. The van der Waals surface area contributed by atoms with Crippen molar-refractivity contribution in [1.29, 1.82) is 0 Å². The van der Waals surface area contributed by atoms with Crippen LogP contribution in [0.3, 0.4) is 0 Å². The maximum Gasteiger partial charge on any atom is 0.416 e. The molecule has 10 heteroatoms. The van der Waals surface area contributed by atoms with E-state index in [-0.39, 0.29) is 23.7 Å². The number of anilines is 1. The first-order valence-corrected chi connectivity index (χ1v) is 8.83. The van der Waals surface area contributed by atoms with Gasteiger partial charge in [0.1, 0.15) is 12.4 Å². The van der Waals surface area contributed by atoms with Gasteiger partial charge in [-0.1, -0.05) is 30.3 Å². The Hall–Kier alpha value is -4.08. The van der Waals surface area contributed by atoms with Gasteiger partial charge in [0.15, 0.2) is 0 Å². The minimum absolute atomic E-state index is 0.00775. The van der Waals surface area contributed by atoms with Crippen LogP contribution in [0.4, 0.5) is 29.3 Å². The summed E-state index contributed by atoms with van der Waals surface area (Å²) in [6.45, 7) is -0.336. The van der Waals surface area contributed by atoms with Crippen LogP contribution in [-0.4, -0.2) is 11.0 Å². The number of nitro benzene ring substituents is 1. The molecule has 3 aromatic carbocycles. The van der Waals surface area contributed by atoms with Gasteiger partial charge in [0.25, 0.3) is 0 Å². The molecule has 0 radical (unpaired) electrons. The van der Waals surface area contributed by atoms with Gasteiger partial charge in [0.2, 0.25) is 5.75 Å². The zero-order valence-corrected chi connectivity index (χ0v) is 15.8. The van der Waals surface area contributed by atoms with E-state index in [1.807, 2.05) is 0 Å². The SMILES string of the molecule is O=C(Nc1cccc(C(F)(F)F)c1)OCc1ccc(Oc2ccccc2)c([N+](=O)[O-])c1. The zero-order chi connectivity index (χ0) is 22.4. The normalized spacial score (nSPS) is 10.9. The number of amides is 1. The first-order chi connectivity index (χ1) is 14.7. The lowest BCUT2D eigenvalue weighted by atomic mass is 10.2. The summed E-state index contributed by atoms with van der Waals surface area (Å²) in [4.78, 5) is 22.6. The lowest BCUT2D eigenvalue weighted by Gasteiger charge is -2.11. The van der Waals surface area contributed by atoms with Gasteiger partial charge in [-0.25, -0.2) is 4.79 Å². The molecule has 0 unspecified atom stereocenters. The summed E-state index contributed by atoms with van der Waals surface area (Å²) in [6.07, 6.45) is -5.56. The lowest BCUT2D eigenvalue weighted by Crippen LogP contribution is -2.14. The molecule has 0 bridgehead atoms. The average Bonchev–Trinajstić information content (AvgIpc) is 2.73. The Labute approximate surface area is 174 Å². The average molecular weight is 432 g/mol. The summed E-state index contributed by atoms with van der Waals surface area (Å²) in [7, 11) is 0. The predicted octanol–water partition coefficient (Wildman–Crippen LogP) is 6.15. The van der Waals surface area contributed by atoms with E-state index in [1.54, 1.807) is 30.3 Å². The molecule has 0 fully saturated rings. The topological polar surface area (TPSA) is 90.7 Å². The highest BCUT2D eigenvalue weighted by Gasteiger charge is 2.30. The highest BCUT2D eigenvalue weighted by Crippen LogP contribution is 2.33. The number of nitrogens with zero attached hydrogens (tertiary/aromatic N) is 1. The molecule has 3 aromatic rings. The second-order valence-electron chi connectivity index (χ2n) is 6.25. The van der Waals surface area contributed by atoms with Crippen LogP contribution in [0.2, 0.25) is 0 Å². The van der Waals surface area contributed by atoms with E-state index >= 15 is 0 Å². The van der Waals surface area contributed by atoms with Crippen molar-refractivity contribution in [2.45, 2.75) is 12.8 Å². The molecule has 0 aliphatic carbocycles. The van der Waals surface area contributed by atoms with Crippen LogP contribution in [0.25, 0.3) is 0 Å². The van der Waals surface area contributed by atoms with Crippen molar-refractivity contribution >= 4 is 17.5 Å². The van der Waals surface area contributed by atoms with Crippen LogP contribution in [0.1, 0.15) is 11.1 Å². The van der Waals surface area contributed by atoms with Gasteiger partial charge in [-0.3, -0.25) is 15.4 Å². The standard InChI is InChI=1S/C21H15F3N2O5/c22-21(23,24)15-5-4-6-16(12-15)25-20(27)30-13-14-9-10-19(18(11-14)26(28)29)31-17-7-2-1-3-8-17/h1-12H,13H2,(H,25,27). The van der Waals surface area contributed by atoms with Gasteiger partial charge in [0.05, 0.1) is 10.5 Å². The molecule has 3 rings (SSSR count). The molecule has 0 aromatic heterocycles. The van der Waals surface area contributed by atoms with Crippen molar-refractivity contribution in [2.75, 3.05) is 5.32 Å². The summed E-state index contributed by atoms with van der Waals surface area (Å²) < 4.78 is 48.7. The van der Waals surface area contributed by atoms with E-state index in [4.69, 9.17) is 9.47 Å². The molecule has 160 valence electrons. The number of para-hydroxylation sites is 1. The van der Waals surface area contributed by atoms with Crippen LogP contribution >= 0.6 is 0 Å². The number of nitrogens with one attached hydrogen (secondary N) is 1. The molecular formula is C21H15F3N2O5. The molecular weight excluding hydrogens is 417 g/mol. The summed E-state index contributed by atoms with van der Waals surface area (Å²) in [5, 5.41) is 13.6. The van der Waals surface area contributed by atoms with Gasteiger partial charge in [-0.05, 0) is 42.0 Å². The van der Waals surface area contributed by atoms with Gasteiger partial charge >= 0.3 is 18.0 Å². The number of hydrogen-bond acceptors (Lipinski definition) is 5. The minimum atomic E-state index is -4.55. The number of rotatable bonds is 6. The quantitative estimate of drug-likeness (QED) is 0.372. The van der Waals surface area contributed by atoms with Crippen molar-refractivity contribution in [1.82, 2.24) is 0 Å². The maximum absolute atomic E-state index is 12.7. The number of halogens is 3. The highest BCUT2D eigenvalue weighted by molar-refractivity contribution is 5.84. The second kappa shape index (κ2) is 9.16. The fourth-order valence-electron chi connectivity index (χ4n) is 2.57. The summed E-state index contributed by atoms with van der Waals surface area (Å²) in [5.74, 6) is 0.420. The molecule has 1 N–H and O–H groups in total. The first kappa shape index (κ1) is 21.6. The van der Waals surface area contributed by atoms with Gasteiger partial charge in [-0.15, -0.1) is 0 Å². The fourth-order valence-corrected chi connectivity index (χ4v) is 2.57. The molecule has 0 atom stereocenters. The summed E-state index contributed by atoms with van der Waals surface area (Å²) in [5.41, 5.74) is -1.05. The van der Waals surface area contributed by atoms with Crippen LogP contribution in [0, 0.1) is 10.1 Å². The van der Waals surface area contributed by atoms with E-state index in [0.717, 1.165) is 18.2 Å². The molecule has 0 heterocycles. The van der Waals surface area contributed by atoms with E-state index in [9.17, 15) is 28.1 Å². The Morgan fingerprint density at radius 3 is 2.42 bits per heavy atom. The van der Waals surface area contributed by atoms with Crippen molar-refractivity contribution in [3.8, 4) is 11.5 Å². The first-order valence-electron chi connectivity index (χ1n) is 8.83. The van der Waals surface area contributed by atoms with Crippen LogP contribution in [-0.2, 0) is 17.5 Å².